The summed E-state index contributed by atoms with van der Waals surface area (Å²) in [5, 5.41) is 2.50. The average Bonchev–Trinajstić information content (AvgIpc) is 3.20. The molecule has 1 atom stereocenters. The summed E-state index contributed by atoms with van der Waals surface area (Å²) < 4.78 is 3.31. The molecule has 3 aromatic heterocycles. The zero-order valence-electron chi connectivity index (χ0n) is 17.9. The van der Waals surface area contributed by atoms with E-state index in [1.807, 2.05) is 24.2 Å². The van der Waals surface area contributed by atoms with E-state index in [1.54, 1.807) is 15.2 Å². The fraction of sp³-hybridized carbons (Fsp3) is 0.455. The van der Waals surface area contributed by atoms with E-state index in [0.717, 1.165) is 37.1 Å². The molecule has 32 heavy (non-hydrogen) atoms. The number of aromatic nitrogens is 4. The van der Waals surface area contributed by atoms with Crippen LogP contribution in [0.15, 0.2) is 34.0 Å². The van der Waals surface area contributed by atoms with Gasteiger partial charge in [-0.2, -0.15) is 0 Å². The minimum absolute atomic E-state index is 0. The number of hydrogen-bond donors (Lipinski definition) is 1. The summed E-state index contributed by atoms with van der Waals surface area (Å²) in [4.78, 5) is 34.6. The maximum absolute atomic E-state index is 13.3. The van der Waals surface area contributed by atoms with Crippen LogP contribution in [0.25, 0.3) is 11.2 Å². The van der Waals surface area contributed by atoms with Crippen molar-refractivity contribution in [1.82, 2.24) is 24.1 Å². The molecule has 0 radical (unpaired) electrons. The molecule has 1 saturated heterocycles. The standard InChI is InChI=1S/C22H25ClN6O2.ClH/c1-14-16(23)10-15(13-25-14)11-22(6-2-3-7-29(22)24)12-18-21(31)28-9-8-27-19(30)5-4-17(26-18)20(27)28;/h4-5,10,13H,2-3,6-9,11-12,24H2,1H3;1H/t22-;/m1./s1. The monoisotopic (exact) mass is 476 g/mol. The minimum atomic E-state index is -0.446. The summed E-state index contributed by atoms with van der Waals surface area (Å²) >= 11 is 6.32. The normalized spacial score (nSPS) is 20.5. The predicted molar refractivity (Wildman–Crippen MR) is 126 cm³/mol. The van der Waals surface area contributed by atoms with Gasteiger partial charge < -0.3 is 0 Å². The van der Waals surface area contributed by atoms with Crippen molar-refractivity contribution in [2.24, 2.45) is 5.84 Å². The lowest BCUT2D eigenvalue weighted by atomic mass is 9.79. The Kier molecular flexibility index (Phi) is 6.15. The highest BCUT2D eigenvalue weighted by Gasteiger charge is 2.39. The third-order valence-electron chi connectivity index (χ3n) is 6.70. The van der Waals surface area contributed by atoms with Gasteiger partial charge in [-0.15, -0.1) is 12.4 Å². The third-order valence-corrected chi connectivity index (χ3v) is 7.08. The molecule has 170 valence electrons. The molecule has 2 aliphatic rings. The fourth-order valence-corrected chi connectivity index (χ4v) is 5.20. The van der Waals surface area contributed by atoms with E-state index in [0.29, 0.717) is 47.8 Å². The van der Waals surface area contributed by atoms with Crippen molar-refractivity contribution >= 4 is 35.2 Å². The van der Waals surface area contributed by atoms with Crippen LogP contribution < -0.4 is 17.0 Å². The lowest BCUT2D eigenvalue weighted by Crippen LogP contribution is -2.59. The molecular formula is C22H26Cl2N6O2. The zero-order chi connectivity index (χ0) is 21.8. The van der Waals surface area contributed by atoms with Crippen LogP contribution in [0, 0.1) is 6.92 Å². The predicted octanol–water partition coefficient (Wildman–Crippen LogP) is 2.23. The molecule has 5 heterocycles. The first-order chi connectivity index (χ1) is 14.9. The molecule has 2 N–H and O–H groups in total. The van der Waals surface area contributed by atoms with Gasteiger partial charge in [-0.3, -0.25) is 29.5 Å². The third kappa shape index (κ3) is 3.75. The Morgan fingerprint density at radius 1 is 1.12 bits per heavy atom. The highest BCUT2D eigenvalue weighted by molar-refractivity contribution is 6.31. The Balaban J connectivity index is 0.00000245. The van der Waals surface area contributed by atoms with Gasteiger partial charge in [0, 0.05) is 43.9 Å². The second-order valence-corrected chi connectivity index (χ2v) is 9.09. The lowest BCUT2D eigenvalue weighted by molar-refractivity contribution is 0.0444. The quantitative estimate of drug-likeness (QED) is 0.579. The maximum atomic E-state index is 13.3. The van der Waals surface area contributed by atoms with Gasteiger partial charge in [-0.25, -0.2) is 9.99 Å². The van der Waals surface area contributed by atoms with Crippen LogP contribution in [0.3, 0.4) is 0 Å². The van der Waals surface area contributed by atoms with E-state index in [2.05, 4.69) is 4.98 Å². The van der Waals surface area contributed by atoms with Crippen LogP contribution in [-0.4, -0.2) is 36.2 Å². The van der Waals surface area contributed by atoms with Crippen LogP contribution in [0.4, 0.5) is 0 Å². The SMILES string of the molecule is Cc1ncc(C[C@@]2(Cc3nc4ccc(=O)n5c4n(c3=O)CC5)CCCCN2N)cc1Cl.Cl. The number of piperidine rings is 1. The Labute approximate surface area is 196 Å². The number of pyridine rings is 2. The van der Waals surface area contributed by atoms with Crippen LogP contribution in [0.1, 0.15) is 36.2 Å². The number of hydrazine groups is 1. The molecule has 10 heteroatoms. The molecular weight excluding hydrogens is 451 g/mol. The van der Waals surface area contributed by atoms with E-state index in [1.165, 1.54) is 6.07 Å². The highest BCUT2D eigenvalue weighted by Crippen LogP contribution is 2.33. The second-order valence-electron chi connectivity index (χ2n) is 8.69. The summed E-state index contributed by atoms with van der Waals surface area (Å²) in [7, 11) is 0. The largest absolute Gasteiger partial charge is 0.291 e. The highest BCUT2D eigenvalue weighted by atomic mass is 35.5. The Hall–Kier alpha value is -2.26. The average molecular weight is 477 g/mol. The Morgan fingerprint density at radius 2 is 1.91 bits per heavy atom. The van der Waals surface area contributed by atoms with E-state index in [4.69, 9.17) is 22.4 Å². The van der Waals surface area contributed by atoms with E-state index in [9.17, 15) is 9.59 Å². The second kappa shape index (κ2) is 8.59. The van der Waals surface area contributed by atoms with Crippen LogP contribution >= 0.6 is 24.0 Å². The van der Waals surface area contributed by atoms with Crippen LogP contribution in [0.5, 0.6) is 0 Å². The molecule has 1 fully saturated rings. The number of nitrogens with zero attached hydrogens (tertiary/aromatic N) is 5. The smallest absolute Gasteiger partial charge is 0.273 e. The molecule has 0 bridgehead atoms. The molecule has 3 aromatic rings. The summed E-state index contributed by atoms with van der Waals surface area (Å²) in [6.45, 7) is 3.62. The molecule has 8 nitrogen and oxygen atoms in total. The van der Waals surface area contributed by atoms with Gasteiger partial charge in [-0.05, 0) is 43.9 Å². The lowest BCUT2D eigenvalue weighted by Gasteiger charge is -2.45. The van der Waals surface area contributed by atoms with Gasteiger partial charge in [0.25, 0.3) is 11.1 Å². The van der Waals surface area contributed by atoms with Gasteiger partial charge in [-0.1, -0.05) is 18.0 Å². The van der Waals surface area contributed by atoms with Crippen molar-refractivity contribution < 1.29 is 0 Å². The van der Waals surface area contributed by atoms with E-state index in [-0.39, 0.29) is 23.5 Å². The van der Waals surface area contributed by atoms with Gasteiger partial charge >= 0.3 is 0 Å². The molecule has 0 aromatic carbocycles. The summed E-state index contributed by atoms with van der Waals surface area (Å²) in [6, 6.07) is 5.16. The molecule has 0 spiro atoms. The first kappa shape index (κ1) is 22.9. The molecule has 0 unspecified atom stereocenters. The summed E-state index contributed by atoms with van der Waals surface area (Å²) in [5.74, 6) is 6.54. The number of nitrogens with two attached hydrogens (primary N) is 1. The topological polar surface area (TPSA) is 99.0 Å². The van der Waals surface area contributed by atoms with E-state index < -0.39 is 5.54 Å². The van der Waals surface area contributed by atoms with Crippen molar-refractivity contribution in [3.05, 3.63) is 67.1 Å². The van der Waals surface area contributed by atoms with Crippen molar-refractivity contribution in [1.29, 1.82) is 0 Å². The molecule has 5 rings (SSSR count). The summed E-state index contributed by atoms with van der Waals surface area (Å²) in [6.07, 6.45) is 5.81. The minimum Gasteiger partial charge on any atom is -0.291 e. The van der Waals surface area contributed by atoms with E-state index >= 15 is 0 Å². The van der Waals surface area contributed by atoms with Gasteiger partial charge in [0.1, 0.15) is 16.9 Å². The molecule has 0 aliphatic carbocycles. The Bertz CT molecular complexity index is 1300. The van der Waals surface area contributed by atoms with Gasteiger partial charge in [0.2, 0.25) is 0 Å². The van der Waals surface area contributed by atoms with Gasteiger partial charge in [0.15, 0.2) is 0 Å². The zero-order valence-corrected chi connectivity index (χ0v) is 19.5. The number of hydrogen-bond acceptors (Lipinski definition) is 6. The number of halogens is 2. The summed E-state index contributed by atoms with van der Waals surface area (Å²) in [5.41, 5.74) is 2.86. The fourth-order valence-electron chi connectivity index (χ4n) is 5.01. The Morgan fingerprint density at radius 3 is 2.66 bits per heavy atom. The first-order valence-electron chi connectivity index (χ1n) is 10.6. The van der Waals surface area contributed by atoms with Crippen molar-refractivity contribution in [3.63, 3.8) is 0 Å². The first-order valence-corrected chi connectivity index (χ1v) is 11.0. The van der Waals surface area contributed by atoms with Crippen LogP contribution in [-0.2, 0) is 25.9 Å². The molecule has 0 amide bonds. The maximum Gasteiger partial charge on any atom is 0.273 e. The van der Waals surface area contributed by atoms with Crippen molar-refractivity contribution in [2.45, 2.75) is 57.7 Å². The van der Waals surface area contributed by atoms with Crippen molar-refractivity contribution in [3.8, 4) is 0 Å². The number of rotatable bonds is 4. The van der Waals surface area contributed by atoms with Gasteiger partial charge in [0.05, 0.1) is 10.7 Å². The molecule has 2 aliphatic heterocycles. The van der Waals surface area contributed by atoms with Crippen molar-refractivity contribution in [2.75, 3.05) is 6.54 Å². The number of aryl methyl sites for hydroxylation is 3. The van der Waals surface area contributed by atoms with Crippen LogP contribution in [0.2, 0.25) is 5.02 Å². The molecule has 0 saturated carbocycles.